The molecule has 1 aliphatic rings. The number of rotatable bonds is 3. The molecular weight excluding hydrogens is 270 g/mol. The number of nitrogens with one attached hydrogen (secondary N) is 1. The third-order valence-electron chi connectivity index (χ3n) is 3.49. The molecule has 0 heterocycles. The van der Waals surface area contributed by atoms with Crippen molar-refractivity contribution >= 4 is 0 Å². The monoisotopic (exact) mass is 289 g/mol. The molecule has 1 saturated carbocycles. The molecule has 2 atom stereocenters. The summed E-state index contributed by atoms with van der Waals surface area (Å²) < 4.78 is 51.3. The van der Waals surface area contributed by atoms with E-state index < -0.39 is 17.6 Å². The summed E-state index contributed by atoms with van der Waals surface area (Å²) in [6.07, 6.45) is -3.69. The molecule has 1 aromatic rings. The average molecular weight is 289 g/mol. The predicted molar refractivity (Wildman–Crippen MR) is 70.0 cm³/mol. The lowest BCUT2D eigenvalue weighted by Gasteiger charge is -2.20. The summed E-state index contributed by atoms with van der Waals surface area (Å²) >= 11 is 0. The molecular formula is C15H19F4N. The van der Waals surface area contributed by atoms with Crippen molar-refractivity contribution in [1.82, 2.24) is 5.32 Å². The standard InChI is InChI=1S/C15H19F4N/c1-14(2,3)20-8-10-6-13(10)9-4-11(15(17,18)19)7-12(16)5-9/h4-5,7,10,13,20H,6,8H2,1-3H3. The number of hydrogen-bond acceptors (Lipinski definition) is 1. The number of halogens is 4. The smallest absolute Gasteiger partial charge is 0.312 e. The zero-order valence-corrected chi connectivity index (χ0v) is 11.8. The first kappa shape index (κ1) is 15.3. The Hall–Kier alpha value is -1.10. The zero-order valence-electron chi connectivity index (χ0n) is 11.8. The Bertz CT molecular complexity index is 488. The van der Waals surface area contributed by atoms with Gasteiger partial charge in [0.25, 0.3) is 0 Å². The van der Waals surface area contributed by atoms with Crippen molar-refractivity contribution in [2.45, 2.75) is 44.8 Å². The van der Waals surface area contributed by atoms with Crippen LogP contribution in [0, 0.1) is 11.7 Å². The van der Waals surface area contributed by atoms with Crippen LogP contribution in [-0.4, -0.2) is 12.1 Å². The third-order valence-corrected chi connectivity index (χ3v) is 3.49. The summed E-state index contributed by atoms with van der Waals surface area (Å²) in [6, 6.07) is 2.84. The Morgan fingerprint density at radius 3 is 2.35 bits per heavy atom. The van der Waals surface area contributed by atoms with Crippen LogP contribution in [0.3, 0.4) is 0 Å². The van der Waals surface area contributed by atoms with Crippen LogP contribution in [0.4, 0.5) is 17.6 Å². The van der Waals surface area contributed by atoms with Crippen LogP contribution in [0.25, 0.3) is 0 Å². The van der Waals surface area contributed by atoms with Crippen LogP contribution >= 0.6 is 0 Å². The quantitative estimate of drug-likeness (QED) is 0.816. The van der Waals surface area contributed by atoms with E-state index in [1.54, 1.807) is 0 Å². The van der Waals surface area contributed by atoms with Gasteiger partial charge in [-0.15, -0.1) is 0 Å². The fourth-order valence-corrected chi connectivity index (χ4v) is 2.31. The second kappa shape index (κ2) is 5.02. The first-order valence-corrected chi connectivity index (χ1v) is 6.69. The molecule has 5 heteroatoms. The van der Waals surface area contributed by atoms with Gasteiger partial charge < -0.3 is 5.32 Å². The molecule has 1 fully saturated rings. The van der Waals surface area contributed by atoms with Gasteiger partial charge in [-0.25, -0.2) is 4.39 Å². The fraction of sp³-hybridized carbons (Fsp3) is 0.600. The van der Waals surface area contributed by atoms with Crippen LogP contribution < -0.4 is 5.32 Å². The maximum absolute atomic E-state index is 13.3. The van der Waals surface area contributed by atoms with Gasteiger partial charge in [-0.2, -0.15) is 13.2 Å². The molecule has 20 heavy (non-hydrogen) atoms. The highest BCUT2D eigenvalue weighted by molar-refractivity contribution is 5.33. The SMILES string of the molecule is CC(C)(C)NCC1CC1c1cc(F)cc(C(F)(F)F)c1. The molecule has 0 spiro atoms. The van der Waals surface area contributed by atoms with Gasteiger partial charge in [0.05, 0.1) is 5.56 Å². The fourth-order valence-electron chi connectivity index (χ4n) is 2.31. The highest BCUT2D eigenvalue weighted by atomic mass is 19.4. The molecule has 1 N–H and O–H groups in total. The van der Waals surface area contributed by atoms with E-state index in [2.05, 4.69) is 5.32 Å². The zero-order chi connectivity index (χ0) is 15.1. The van der Waals surface area contributed by atoms with E-state index in [1.807, 2.05) is 20.8 Å². The van der Waals surface area contributed by atoms with Crippen molar-refractivity contribution in [1.29, 1.82) is 0 Å². The second-order valence-electron chi connectivity index (χ2n) is 6.50. The highest BCUT2D eigenvalue weighted by Crippen LogP contribution is 2.48. The molecule has 112 valence electrons. The lowest BCUT2D eigenvalue weighted by molar-refractivity contribution is -0.137. The lowest BCUT2D eigenvalue weighted by atomic mass is 10.0. The van der Waals surface area contributed by atoms with E-state index >= 15 is 0 Å². The van der Waals surface area contributed by atoms with Crippen molar-refractivity contribution in [3.8, 4) is 0 Å². The Morgan fingerprint density at radius 2 is 1.80 bits per heavy atom. The Balaban J connectivity index is 2.06. The molecule has 1 nitrogen and oxygen atoms in total. The summed E-state index contributed by atoms with van der Waals surface area (Å²) in [6.45, 7) is 6.85. The van der Waals surface area contributed by atoms with Gasteiger partial charge in [0.1, 0.15) is 5.82 Å². The first-order valence-electron chi connectivity index (χ1n) is 6.69. The molecule has 0 amide bonds. The Morgan fingerprint density at radius 1 is 1.15 bits per heavy atom. The van der Waals surface area contributed by atoms with Gasteiger partial charge in [-0.1, -0.05) is 0 Å². The topological polar surface area (TPSA) is 12.0 Å². The summed E-state index contributed by atoms with van der Waals surface area (Å²) in [7, 11) is 0. The molecule has 2 unspecified atom stereocenters. The van der Waals surface area contributed by atoms with Crippen LogP contribution in [-0.2, 0) is 6.18 Å². The number of alkyl halides is 3. The van der Waals surface area contributed by atoms with E-state index in [1.165, 1.54) is 6.07 Å². The third kappa shape index (κ3) is 3.95. The van der Waals surface area contributed by atoms with Gasteiger partial charge in [0.15, 0.2) is 0 Å². The molecule has 0 aromatic heterocycles. The first-order chi connectivity index (χ1) is 9.06. The van der Waals surface area contributed by atoms with Gasteiger partial charge in [0, 0.05) is 5.54 Å². The van der Waals surface area contributed by atoms with E-state index in [9.17, 15) is 17.6 Å². The van der Waals surface area contributed by atoms with Gasteiger partial charge in [-0.05, 0) is 69.3 Å². The molecule has 0 bridgehead atoms. The highest BCUT2D eigenvalue weighted by Gasteiger charge is 2.40. The number of benzene rings is 1. The van der Waals surface area contributed by atoms with Crippen molar-refractivity contribution in [2.24, 2.45) is 5.92 Å². The Kier molecular flexibility index (Phi) is 3.84. The van der Waals surface area contributed by atoms with E-state index in [0.29, 0.717) is 11.6 Å². The Labute approximate surface area is 116 Å². The van der Waals surface area contributed by atoms with Crippen LogP contribution in [0.2, 0.25) is 0 Å². The van der Waals surface area contributed by atoms with Crippen LogP contribution in [0.15, 0.2) is 18.2 Å². The summed E-state index contributed by atoms with van der Waals surface area (Å²) in [5, 5.41) is 3.33. The summed E-state index contributed by atoms with van der Waals surface area (Å²) in [5.41, 5.74) is -0.466. The summed E-state index contributed by atoms with van der Waals surface area (Å²) in [5.74, 6) is -0.497. The molecule has 0 saturated heterocycles. The molecule has 0 aliphatic heterocycles. The van der Waals surface area contributed by atoms with Crippen molar-refractivity contribution in [3.05, 3.63) is 35.1 Å². The minimum absolute atomic E-state index is 0.0216. The molecule has 2 rings (SSSR count). The van der Waals surface area contributed by atoms with Crippen molar-refractivity contribution in [2.75, 3.05) is 6.54 Å². The van der Waals surface area contributed by atoms with Gasteiger partial charge in [0.2, 0.25) is 0 Å². The van der Waals surface area contributed by atoms with Crippen LogP contribution in [0.1, 0.15) is 44.2 Å². The van der Waals surface area contributed by atoms with Gasteiger partial charge in [-0.3, -0.25) is 0 Å². The second-order valence-corrected chi connectivity index (χ2v) is 6.50. The lowest BCUT2D eigenvalue weighted by Crippen LogP contribution is -2.37. The number of hydrogen-bond donors (Lipinski definition) is 1. The average Bonchev–Trinajstić information content (AvgIpc) is 3.02. The molecule has 0 radical (unpaired) electrons. The van der Waals surface area contributed by atoms with Crippen LogP contribution in [0.5, 0.6) is 0 Å². The van der Waals surface area contributed by atoms with Gasteiger partial charge >= 0.3 is 6.18 Å². The molecule has 1 aliphatic carbocycles. The largest absolute Gasteiger partial charge is 0.416 e. The maximum atomic E-state index is 13.3. The predicted octanol–water partition coefficient (Wildman–Crippen LogP) is 4.34. The minimum Gasteiger partial charge on any atom is -0.312 e. The minimum atomic E-state index is -4.50. The maximum Gasteiger partial charge on any atom is 0.416 e. The van der Waals surface area contributed by atoms with E-state index in [-0.39, 0.29) is 17.4 Å². The van der Waals surface area contributed by atoms with Crippen molar-refractivity contribution < 1.29 is 17.6 Å². The van der Waals surface area contributed by atoms with E-state index in [4.69, 9.17) is 0 Å². The van der Waals surface area contributed by atoms with Crippen molar-refractivity contribution in [3.63, 3.8) is 0 Å². The summed E-state index contributed by atoms with van der Waals surface area (Å²) in [4.78, 5) is 0. The normalized spacial score (nSPS) is 22.9. The van der Waals surface area contributed by atoms with E-state index in [0.717, 1.165) is 19.0 Å². The molecule has 1 aromatic carbocycles.